The molecule has 0 radical (unpaired) electrons. The van der Waals surface area contributed by atoms with E-state index in [1.807, 2.05) is 0 Å². The predicted octanol–water partition coefficient (Wildman–Crippen LogP) is 6.24. The second kappa shape index (κ2) is 5.88. The van der Waals surface area contributed by atoms with Gasteiger partial charge in [-0.1, -0.05) is 39.8 Å². The predicted molar refractivity (Wildman–Crippen MR) is 99.4 cm³/mol. The van der Waals surface area contributed by atoms with Gasteiger partial charge in [-0.15, -0.1) is 6.58 Å². The van der Waals surface area contributed by atoms with Crippen LogP contribution >= 0.6 is 0 Å². The van der Waals surface area contributed by atoms with Gasteiger partial charge in [-0.3, -0.25) is 0 Å². The highest BCUT2D eigenvalue weighted by Crippen LogP contribution is 2.42. The molecule has 1 aliphatic carbocycles. The van der Waals surface area contributed by atoms with E-state index in [9.17, 15) is 0 Å². The maximum Gasteiger partial charge on any atom is 0.250 e. The quantitative estimate of drug-likeness (QED) is 0.472. The van der Waals surface area contributed by atoms with Crippen LogP contribution in [0.25, 0.3) is 0 Å². The van der Waals surface area contributed by atoms with Crippen molar-refractivity contribution in [2.45, 2.75) is 76.9 Å². The Morgan fingerprint density at radius 1 is 1.32 bits per heavy atom. The van der Waals surface area contributed by atoms with Gasteiger partial charge in [0.2, 0.25) is 8.32 Å². The molecule has 0 saturated heterocycles. The van der Waals surface area contributed by atoms with Crippen LogP contribution in [-0.4, -0.2) is 8.32 Å². The number of hydrogen-bond donors (Lipinski definition) is 0. The molecule has 0 aromatic heterocycles. The molecule has 1 aromatic rings. The summed E-state index contributed by atoms with van der Waals surface area (Å²) >= 11 is 0. The van der Waals surface area contributed by atoms with Crippen LogP contribution in [0, 0.1) is 0 Å². The number of allylic oxidation sites excluding steroid dienone is 1. The van der Waals surface area contributed by atoms with Crippen molar-refractivity contribution in [3.05, 3.63) is 42.0 Å². The molecule has 0 saturated carbocycles. The Bertz CT molecular complexity index is 553. The molecule has 0 fully saturated rings. The van der Waals surface area contributed by atoms with Gasteiger partial charge in [0, 0.05) is 0 Å². The van der Waals surface area contributed by atoms with E-state index in [1.54, 1.807) is 0 Å². The molecule has 0 heterocycles. The third-order valence-corrected chi connectivity index (χ3v) is 10.0. The fourth-order valence-electron chi connectivity index (χ4n) is 3.21. The molecule has 1 atom stereocenters. The molecule has 1 nitrogen and oxygen atoms in total. The van der Waals surface area contributed by atoms with Crippen LogP contribution in [0.2, 0.25) is 18.1 Å². The molecule has 1 aliphatic rings. The number of aryl methyl sites for hydroxylation is 1. The van der Waals surface area contributed by atoms with Crippen LogP contribution in [-0.2, 0) is 11.8 Å². The zero-order chi connectivity index (χ0) is 16.6. The summed E-state index contributed by atoms with van der Waals surface area (Å²) < 4.78 is 6.48. The molecule has 2 heteroatoms. The Balaban J connectivity index is 2.31. The third kappa shape index (κ3) is 3.32. The van der Waals surface area contributed by atoms with E-state index in [-0.39, 0.29) is 10.5 Å². The minimum absolute atomic E-state index is 0.236. The van der Waals surface area contributed by atoms with Gasteiger partial charge in [0.05, 0.1) is 0 Å². The second-order valence-corrected chi connectivity index (χ2v) is 13.3. The molecule has 1 unspecified atom stereocenters. The van der Waals surface area contributed by atoms with E-state index in [4.69, 9.17) is 4.43 Å². The van der Waals surface area contributed by atoms with Gasteiger partial charge in [-0.25, -0.2) is 0 Å². The zero-order valence-electron chi connectivity index (χ0n) is 15.3. The van der Waals surface area contributed by atoms with E-state index in [2.05, 4.69) is 71.6 Å². The Morgan fingerprint density at radius 3 is 2.59 bits per heavy atom. The molecule has 0 amide bonds. The van der Waals surface area contributed by atoms with Crippen molar-refractivity contribution in [3.8, 4) is 5.75 Å². The highest BCUT2D eigenvalue weighted by atomic mass is 28.4. The van der Waals surface area contributed by atoms with Crippen LogP contribution in [0.5, 0.6) is 5.75 Å². The van der Waals surface area contributed by atoms with Crippen molar-refractivity contribution in [2.24, 2.45) is 0 Å². The van der Waals surface area contributed by atoms with Gasteiger partial charge in [0.1, 0.15) is 5.75 Å². The molecule has 0 N–H and O–H groups in total. The van der Waals surface area contributed by atoms with Crippen LogP contribution < -0.4 is 4.43 Å². The highest BCUT2D eigenvalue weighted by molar-refractivity contribution is 6.74. The fraction of sp³-hybridized carbons (Fsp3) is 0.600. The van der Waals surface area contributed by atoms with Crippen LogP contribution in [0.1, 0.15) is 58.1 Å². The van der Waals surface area contributed by atoms with E-state index < -0.39 is 8.32 Å². The summed E-state index contributed by atoms with van der Waals surface area (Å²) in [6.07, 6.45) is 6.82. The molecule has 2 rings (SSSR count). The van der Waals surface area contributed by atoms with Crippen molar-refractivity contribution in [3.63, 3.8) is 0 Å². The maximum absolute atomic E-state index is 6.48. The smallest absolute Gasteiger partial charge is 0.250 e. The third-order valence-electron chi connectivity index (χ3n) is 5.68. The molecule has 0 spiro atoms. The Hall–Kier alpha value is -1.02. The lowest BCUT2D eigenvalue weighted by Gasteiger charge is -2.38. The van der Waals surface area contributed by atoms with Crippen molar-refractivity contribution in [1.29, 1.82) is 0 Å². The minimum Gasteiger partial charge on any atom is -0.543 e. The summed E-state index contributed by atoms with van der Waals surface area (Å²) in [4.78, 5) is 0. The SMILES string of the molecule is C=CCC1(C)CCCc2cc(O[Si](C)(C)C(C)(C)C)ccc21. The topological polar surface area (TPSA) is 9.23 Å². The molecule has 1 aromatic carbocycles. The van der Waals surface area contributed by atoms with E-state index in [0.717, 1.165) is 12.2 Å². The second-order valence-electron chi connectivity index (χ2n) is 8.59. The van der Waals surface area contributed by atoms with Gasteiger partial charge in [0.15, 0.2) is 0 Å². The van der Waals surface area contributed by atoms with Gasteiger partial charge < -0.3 is 4.43 Å². The monoisotopic (exact) mass is 316 g/mol. The lowest BCUT2D eigenvalue weighted by Crippen LogP contribution is -2.43. The first kappa shape index (κ1) is 17.3. The summed E-state index contributed by atoms with van der Waals surface area (Å²) in [6.45, 7) is 17.8. The average molecular weight is 317 g/mol. The molecular weight excluding hydrogens is 284 g/mol. The van der Waals surface area contributed by atoms with Gasteiger partial charge in [0.25, 0.3) is 0 Å². The lowest BCUT2D eigenvalue weighted by molar-refractivity contribution is 0.396. The lowest BCUT2D eigenvalue weighted by atomic mass is 9.69. The minimum atomic E-state index is -1.76. The van der Waals surface area contributed by atoms with Crippen molar-refractivity contribution >= 4 is 8.32 Å². The number of fused-ring (bicyclic) bond motifs is 1. The van der Waals surface area contributed by atoms with Crippen LogP contribution in [0.4, 0.5) is 0 Å². The Labute approximate surface area is 137 Å². The Morgan fingerprint density at radius 2 is 2.00 bits per heavy atom. The first-order chi connectivity index (χ1) is 10.1. The van der Waals surface area contributed by atoms with Gasteiger partial charge in [-0.2, -0.15) is 0 Å². The Kier molecular flexibility index (Phi) is 4.63. The molecule has 0 bridgehead atoms. The first-order valence-corrected chi connectivity index (χ1v) is 11.4. The first-order valence-electron chi connectivity index (χ1n) is 8.52. The normalized spacial score (nSPS) is 22.1. The van der Waals surface area contributed by atoms with Crippen molar-refractivity contribution in [1.82, 2.24) is 0 Å². The summed E-state index contributed by atoms with van der Waals surface area (Å²) in [7, 11) is -1.76. The number of benzene rings is 1. The number of hydrogen-bond acceptors (Lipinski definition) is 1. The van der Waals surface area contributed by atoms with E-state index in [0.29, 0.717) is 0 Å². The van der Waals surface area contributed by atoms with Crippen LogP contribution in [0.15, 0.2) is 30.9 Å². The zero-order valence-corrected chi connectivity index (χ0v) is 16.3. The standard InChI is InChI=1S/C20H32OSi/c1-8-13-20(5)14-9-10-16-15-17(11-12-18(16)20)21-22(6,7)19(2,3)4/h8,11-12,15H,1,9-10,13-14H2,2-7H3. The summed E-state index contributed by atoms with van der Waals surface area (Å²) in [5.74, 6) is 1.06. The van der Waals surface area contributed by atoms with Crippen molar-refractivity contribution in [2.75, 3.05) is 0 Å². The van der Waals surface area contributed by atoms with Crippen molar-refractivity contribution < 1.29 is 4.43 Å². The number of rotatable bonds is 4. The van der Waals surface area contributed by atoms with Gasteiger partial charge in [-0.05, 0) is 72.5 Å². The fourth-order valence-corrected chi connectivity index (χ4v) is 4.23. The average Bonchev–Trinajstić information content (AvgIpc) is 2.37. The molecule has 122 valence electrons. The summed E-state index contributed by atoms with van der Waals surface area (Å²) in [5, 5.41) is 0.236. The largest absolute Gasteiger partial charge is 0.543 e. The molecule has 22 heavy (non-hydrogen) atoms. The van der Waals surface area contributed by atoms with E-state index >= 15 is 0 Å². The maximum atomic E-state index is 6.48. The molecule has 0 aliphatic heterocycles. The van der Waals surface area contributed by atoms with Gasteiger partial charge >= 0.3 is 0 Å². The molecular formula is C20H32OSi. The van der Waals surface area contributed by atoms with E-state index in [1.165, 1.54) is 30.4 Å². The summed E-state index contributed by atoms with van der Waals surface area (Å²) in [5.41, 5.74) is 3.23. The summed E-state index contributed by atoms with van der Waals surface area (Å²) in [6, 6.07) is 6.79. The van der Waals surface area contributed by atoms with Crippen LogP contribution in [0.3, 0.4) is 0 Å². The highest BCUT2D eigenvalue weighted by Gasteiger charge is 2.39.